The second-order valence-electron chi connectivity index (χ2n) is 10.6. The summed E-state index contributed by atoms with van der Waals surface area (Å²) in [4.78, 5) is 27.2. The molecule has 6 nitrogen and oxygen atoms in total. The van der Waals surface area contributed by atoms with E-state index >= 15 is 0 Å². The highest BCUT2D eigenvalue weighted by molar-refractivity contribution is 5.94. The summed E-state index contributed by atoms with van der Waals surface area (Å²) in [6.07, 6.45) is 4.10. The number of hydrogen-bond acceptors (Lipinski definition) is 4. The van der Waals surface area contributed by atoms with Gasteiger partial charge < -0.3 is 14.4 Å². The van der Waals surface area contributed by atoms with Crippen LogP contribution in [-0.2, 0) is 15.9 Å². The third kappa shape index (κ3) is 5.81. The minimum absolute atomic E-state index is 0.246. The maximum Gasteiger partial charge on any atom is 0.419 e. The van der Waals surface area contributed by atoms with E-state index < -0.39 is 11.2 Å². The Hall–Kier alpha value is -2.50. The summed E-state index contributed by atoms with van der Waals surface area (Å²) in [5, 5.41) is 1.07. The summed E-state index contributed by atoms with van der Waals surface area (Å²) in [5.41, 5.74) is 1.98. The number of para-hydroxylation sites is 1. The van der Waals surface area contributed by atoms with Gasteiger partial charge in [-0.1, -0.05) is 18.2 Å². The Kier molecular flexibility index (Phi) is 6.40. The topological polar surface area (TPSA) is 60.8 Å². The zero-order valence-electron chi connectivity index (χ0n) is 19.9. The summed E-state index contributed by atoms with van der Waals surface area (Å²) in [6.45, 7) is 14.7. The lowest BCUT2D eigenvalue weighted by Gasteiger charge is -2.34. The molecule has 0 saturated carbocycles. The fourth-order valence-electron chi connectivity index (χ4n) is 4.18. The number of nitrogens with zero attached hydrogens (tertiary/aromatic N) is 2. The first-order valence-electron chi connectivity index (χ1n) is 11.1. The molecule has 170 valence electrons. The van der Waals surface area contributed by atoms with Gasteiger partial charge >= 0.3 is 12.2 Å². The van der Waals surface area contributed by atoms with Gasteiger partial charge in [0.1, 0.15) is 11.2 Å². The van der Waals surface area contributed by atoms with E-state index in [1.54, 1.807) is 4.57 Å². The molecule has 0 aliphatic carbocycles. The van der Waals surface area contributed by atoms with Crippen LogP contribution in [0, 0.1) is 12.8 Å². The number of carbonyl (C=O) groups is 2. The Balaban J connectivity index is 1.84. The van der Waals surface area contributed by atoms with Crippen LogP contribution < -0.4 is 0 Å². The number of likely N-dealkylation sites (tertiary alicyclic amines) is 1. The Bertz CT molecular complexity index is 962. The zero-order valence-corrected chi connectivity index (χ0v) is 19.9. The molecule has 0 N–H and O–H groups in total. The van der Waals surface area contributed by atoms with Crippen LogP contribution in [-0.4, -0.2) is 45.9 Å². The van der Waals surface area contributed by atoms with Crippen molar-refractivity contribution in [3.63, 3.8) is 0 Å². The van der Waals surface area contributed by atoms with E-state index in [4.69, 9.17) is 9.47 Å². The van der Waals surface area contributed by atoms with E-state index in [0.717, 1.165) is 47.8 Å². The molecular formula is C25H36N2O4. The molecule has 0 bridgehead atoms. The minimum Gasteiger partial charge on any atom is -0.444 e. The maximum absolute atomic E-state index is 12.9. The zero-order chi connectivity index (χ0) is 23.0. The smallest absolute Gasteiger partial charge is 0.419 e. The highest BCUT2D eigenvalue weighted by atomic mass is 16.6. The molecule has 1 atom stereocenters. The first-order valence-corrected chi connectivity index (χ1v) is 11.1. The number of hydrogen-bond donors (Lipinski definition) is 0. The Morgan fingerprint density at radius 3 is 2.32 bits per heavy atom. The molecule has 31 heavy (non-hydrogen) atoms. The highest BCUT2D eigenvalue weighted by Gasteiger charge is 2.29. The van der Waals surface area contributed by atoms with Crippen molar-refractivity contribution in [3.05, 3.63) is 35.5 Å². The van der Waals surface area contributed by atoms with E-state index in [-0.39, 0.29) is 12.2 Å². The van der Waals surface area contributed by atoms with Crippen LogP contribution in [0.5, 0.6) is 0 Å². The van der Waals surface area contributed by atoms with E-state index in [9.17, 15) is 9.59 Å². The van der Waals surface area contributed by atoms with Crippen LogP contribution >= 0.6 is 0 Å². The van der Waals surface area contributed by atoms with Crippen LogP contribution in [0.15, 0.2) is 24.4 Å². The molecule has 1 fully saturated rings. The van der Waals surface area contributed by atoms with Gasteiger partial charge in [0.15, 0.2) is 0 Å². The van der Waals surface area contributed by atoms with E-state index in [1.165, 1.54) is 0 Å². The maximum atomic E-state index is 12.9. The van der Waals surface area contributed by atoms with Gasteiger partial charge in [-0.15, -0.1) is 0 Å². The monoisotopic (exact) mass is 428 g/mol. The van der Waals surface area contributed by atoms with Crippen molar-refractivity contribution in [1.29, 1.82) is 0 Å². The first kappa shape index (κ1) is 23.2. The van der Waals surface area contributed by atoms with Crippen molar-refractivity contribution in [1.82, 2.24) is 9.47 Å². The largest absolute Gasteiger partial charge is 0.444 e. The van der Waals surface area contributed by atoms with Crippen molar-refractivity contribution in [2.24, 2.45) is 5.92 Å². The molecule has 0 unspecified atom stereocenters. The van der Waals surface area contributed by atoms with Gasteiger partial charge in [0.25, 0.3) is 0 Å². The first-order chi connectivity index (χ1) is 14.3. The molecule has 0 radical (unpaired) electrons. The molecule has 1 amide bonds. The predicted molar refractivity (Wildman–Crippen MR) is 123 cm³/mol. The SMILES string of the molecule is Cc1cccc2c(C[C@H]3CCCN(C(=O)OC(C)(C)C)C3)cn(C(=O)OC(C)(C)C)c12. The van der Waals surface area contributed by atoms with Gasteiger partial charge in [0.05, 0.1) is 5.52 Å². The van der Waals surface area contributed by atoms with Crippen molar-refractivity contribution in [2.45, 2.75) is 78.9 Å². The summed E-state index contributed by atoms with van der Waals surface area (Å²) in [5.74, 6) is 0.319. The lowest BCUT2D eigenvalue weighted by molar-refractivity contribution is 0.0166. The number of rotatable bonds is 2. The van der Waals surface area contributed by atoms with Crippen LogP contribution in [0.4, 0.5) is 9.59 Å². The average Bonchev–Trinajstić information content (AvgIpc) is 2.99. The lowest BCUT2D eigenvalue weighted by Crippen LogP contribution is -2.43. The summed E-state index contributed by atoms with van der Waals surface area (Å²) in [7, 11) is 0. The number of aryl methyl sites for hydroxylation is 1. The summed E-state index contributed by atoms with van der Waals surface area (Å²) >= 11 is 0. The number of amides is 1. The van der Waals surface area contributed by atoms with Crippen molar-refractivity contribution in [3.8, 4) is 0 Å². The Labute approximate surface area is 185 Å². The van der Waals surface area contributed by atoms with Crippen molar-refractivity contribution in [2.75, 3.05) is 13.1 Å². The Morgan fingerprint density at radius 2 is 1.68 bits per heavy atom. The van der Waals surface area contributed by atoms with Gasteiger partial charge in [-0.2, -0.15) is 0 Å². The molecule has 2 heterocycles. The Morgan fingerprint density at radius 1 is 1.03 bits per heavy atom. The number of piperidine rings is 1. The quantitative estimate of drug-likeness (QED) is 0.595. The standard InChI is InChI=1S/C25H36N2O4/c1-17-10-8-12-20-19(16-27(21(17)20)23(29)31-25(5,6)7)14-18-11-9-13-26(15-18)22(28)30-24(2,3)4/h8,10,12,16,18H,9,11,13-15H2,1-7H3/t18-/m1/s1. The number of aromatic nitrogens is 1. The highest BCUT2D eigenvalue weighted by Crippen LogP contribution is 2.30. The van der Waals surface area contributed by atoms with E-state index in [0.29, 0.717) is 12.5 Å². The van der Waals surface area contributed by atoms with Crippen molar-refractivity contribution >= 4 is 23.1 Å². The molecule has 1 aliphatic rings. The van der Waals surface area contributed by atoms with Gasteiger partial charge in [-0.25, -0.2) is 9.59 Å². The molecule has 1 saturated heterocycles. The molecule has 2 aromatic rings. The third-order valence-electron chi connectivity index (χ3n) is 5.38. The normalized spacial score (nSPS) is 17.6. The predicted octanol–water partition coefficient (Wildman–Crippen LogP) is 5.92. The van der Waals surface area contributed by atoms with Crippen LogP contribution in [0.1, 0.15) is 65.5 Å². The van der Waals surface area contributed by atoms with Gasteiger partial charge in [-0.05, 0) is 84.8 Å². The van der Waals surface area contributed by atoms with Crippen LogP contribution in [0.25, 0.3) is 10.9 Å². The van der Waals surface area contributed by atoms with E-state index in [1.807, 2.05) is 71.7 Å². The molecule has 6 heteroatoms. The van der Waals surface area contributed by atoms with Gasteiger partial charge in [0.2, 0.25) is 0 Å². The van der Waals surface area contributed by atoms with Crippen LogP contribution in [0.2, 0.25) is 0 Å². The second kappa shape index (κ2) is 8.56. The third-order valence-corrected chi connectivity index (χ3v) is 5.38. The molecule has 1 aliphatic heterocycles. The summed E-state index contributed by atoms with van der Waals surface area (Å²) < 4.78 is 12.8. The van der Waals surface area contributed by atoms with Crippen molar-refractivity contribution < 1.29 is 19.1 Å². The fourth-order valence-corrected chi connectivity index (χ4v) is 4.18. The average molecular weight is 429 g/mol. The molecule has 1 aromatic carbocycles. The van der Waals surface area contributed by atoms with Crippen LogP contribution in [0.3, 0.4) is 0 Å². The van der Waals surface area contributed by atoms with Gasteiger partial charge in [0, 0.05) is 24.7 Å². The fraction of sp³-hybridized carbons (Fsp3) is 0.600. The lowest BCUT2D eigenvalue weighted by atomic mass is 9.91. The van der Waals surface area contributed by atoms with E-state index in [2.05, 4.69) is 6.07 Å². The number of carbonyl (C=O) groups excluding carboxylic acids is 2. The minimum atomic E-state index is -0.562. The molecular weight excluding hydrogens is 392 g/mol. The molecule has 1 aromatic heterocycles. The second-order valence-corrected chi connectivity index (χ2v) is 10.6. The number of ether oxygens (including phenoxy) is 2. The molecule has 3 rings (SSSR count). The molecule has 0 spiro atoms. The number of benzene rings is 1. The van der Waals surface area contributed by atoms with Gasteiger partial charge in [-0.3, -0.25) is 4.57 Å². The number of fused-ring (bicyclic) bond motifs is 1. The summed E-state index contributed by atoms with van der Waals surface area (Å²) in [6, 6.07) is 6.10.